The first-order valence-electron chi connectivity index (χ1n) is 8.92. The monoisotopic (exact) mass is 414 g/mol. The van der Waals surface area contributed by atoms with Crippen LogP contribution in [-0.4, -0.2) is 18.4 Å². The normalized spacial score (nSPS) is 15.4. The molecule has 1 atom stereocenters. The van der Waals surface area contributed by atoms with Crippen LogP contribution in [0.1, 0.15) is 41.1 Å². The van der Waals surface area contributed by atoms with Gasteiger partial charge in [0.05, 0.1) is 12.6 Å². The van der Waals surface area contributed by atoms with Gasteiger partial charge >= 0.3 is 0 Å². The zero-order valence-electron chi connectivity index (χ0n) is 14.8. The van der Waals surface area contributed by atoms with Gasteiger partial charge in [0.1, 0.15) is 0 Å². The molecule has 0 heterocycles. The fraction of sp³-hybridized carbons (Fsp3) is 0.333. The van der Waals surface area contributed by atoms with Crippen LogP contribution in [0.5, 0.6) is 0 Å². The summed E-state index contributed by atoms with van der Waals surface area (Å²) >= 11 is 3.56. The Morgan fingerprint density at radius 1 is 1.12 bits per heavy atom. The summed E-state index contributed by atoms with van der Waals surface area (Å²) in [7, 11) is 0. The summed E-state index contributed by atoms with van der Waals surface area (Å²) in [6.07, 6.45) is 2.91. The molecule has 0 aliphatic heterocycles. The number of aryl methyl sites for hydroxylation is 2. The Kier molecular flexibility index (Phi) is 6.09. The molecule has 2 aromatic carbocycles. The van der Waals surface area contributed by atoms with E-state index in [9.17, 15) is 9.59 Å². The van der Waals surface area contributed by atoms with Crippen LogP contribution < -0.4 is 10.6 Å². The largest absolute Gasteiger partial charge is 0.348 e. The van der Waals surface area contributed by atoms with E-state index in [2.05, 4.69) is 32.6 Å². The summed E-state index contributed by atoms with van der Waals surface area (Å²) in [5.74, 6) is -0.248. The third kappa shape index (κ3) is 4.73. The lowest BCUT2D eigenvalue weighted by atomic mass is 10.1. The first-order valence-corrected chi connectivity index (χ1v) is 9.71. The molecule has 0 saturated heterocycles. The average molecular weight is 415 g/mol. The highest BCUT2D eigenvalue weighted by Gasteiger charge is 2.25. The van der Waals surface area contributed by atoms with E-state index in [0.29, 0.717) is 12.8 Å². The summed E-state index contributed by atoms with van der Waals surface area (Å²) in [5.41, 5.74) is 4.76. The van der Waals surface area contributed by atoms with Crippen molar-refractivity contribution in [1.29, 1.82) is 0 Å². The first kappa shape index (κ1) is 18.6. The second-order valence-corrected chi connectivity index (χ2v) is 7.58. The van der Waals surface area contributed by atoms with Gasteiger partial charge in [-0.2, -0.15) is 0 Å². The molecular formula is C21H23BrN2O2. The molecule has 5 heteroatoms. The summed E-state index contributed by atoms with van der Waals surface area (Å²) < 4.78 is 1.09. The van der Waals surface area contributed by atoms with E-state index in [0.717, 1.165) is 22.9 Å². The molecule has 0 aromatic heterocycles. The van der Waals surface area contributed by atoms with E-state index in [-0.39, 0.29) is 24.4 Å². The van der Waals surface area contributed by atoms with Crippen LogP contribution in [0.15, 0.2) is 46.9 Å². The van der Waals surface area contributed by atoms with Gasteiger partial charge in [-0.05, 0) is 48.9 Å². The lowest BCUT2D eigenvalue weighted by Gasteiger charge is -2.15. The summed E-state index contributed by atoms with van der Waals surface area (Å²) in [6, 6.07) is 14.2. The smallest absolute Gasteiger partial charge is 0.239 e. The van der Waals surface area contributed by atoms with Gasteiger partial charge in [-0.3, -0.25) is 9.59 Å². The number of halogens is 1. The summed E-state index contributed by atoms with van der Waals surface area (Å²) in [5, 5.41) is 5.74. The molecule has 2 N–H and O–H groups in total. The number of nitrogens with one attached hydrogen (secondary N) is 2. The van der Waals surface area contributed by atoms with Crippen molar-refractivity contribution in [3.05, 3.63) is 69.2 Å². The molecule has 1 aliphatic rings. The van der Waals surface area contributed by atoms with Gasteiger partial charge in [0.15, 0.2) is 0 Å². The molecular weight excluding hydrogens is 392 g/mol. The second kappa shape index (κ2) is 8.49. The maximum absolute atomic E-state index is 12.2. The number of amides is 2. The second-order valence-electron chi connectivity index (χ2n) is 6.73. The average Bonchev–Trinajstić information content (AvgIpc) is 3.04. The van der Waals surface area contributed by atoms with Gasteiger partial charge < -0.3 is 10.6 Å². The third-order valence-corrected chi connectivity index (χ3v) is 5.50. The van der Waals surface area contributed by atoms with Crippen LogP contribution in [0, 0.1) is 6.92 Å². The van der Waals surface area contributed by atoms with Gasteiger partial charge in [-0.25, -0.2) is 0 Å². The molecule has 3 rings (SSSR count). The SMILES string of the molecule is Cc1ccc(CCC(=O)NCC(=O)NC2CCc3c(Br)cccc32)cc1. The van der Waals surface area contributed by atoms with Gasteiger partial charge in [-0.15, -0.1) is 0 Å². The highest BCUT2D eigenvalue weighted by Crippen LogP contribution is 2.35. The molecule has 0 fully saturated rings. The number of rotatable bonds is 6. The minimum absolute atomic E-state index is 0.0204. The van der Waals surface area contributed by atoms with Crippen molar-refractivity contribution in [3.63, 3.8) is 0 Å². The number of carbonyl (C=O) groups excluding carboxylic acids is 2. The highest BCUT2D eigenvalue weighted by molar-refractivity contribution is 9.10. The molecule has 136 valence electrons. The van der Waals surface area contributed by atoms with E-state index in [1.54, 1.807) is 0 Å². The van der Waals surface area contributed by atoms with Gasteiger partial charge in [0.25, 0.3) is 0 Å². The molecule has 0 radical (unpaired) electrons. The third-order valence-electron chi connectivity index (χ3n) is 4.76. The zero-order chi connectivity index (χ0) is 18.5. The molecule has 1 aliphatic carbocycles. The molecule has 0 spiro atoms. The van der Waals surface area contributed by atoms with Crippen molar-refractivity contribution < 1.29 is 9.59 Å². The standard InChI is InChI=1S/C21H23BrN2O2/c1-14-5-7-15(8-6-14)9-12-20(25)23-13-21(26)24-19-11-10-16-17(19)3-2-4-18(16)22/h2-8,19H,9-13H2,1H3,(H,23,25)(H,24,26). The number of fused-ring (bicyclic) bond motifs is 1. The molecule has 0 bridgehead atoms. The summed E-state index contributed by atoms with van der Waals surface area (Å²) in [4.78, 5) is 24.1. The van der Waals surface area contributed by atoms with Gasteiger partial charge in [-0.1, -0.05) is 57.9 Å². The van der Waals surface area contributed by atoms with Crippen molar-refractivity contribution in [1.82, 2.24) is 10.6 Å². The minimum atomic E-state index is -0.147. The number of carbonyl (C=O) groups is 2. The lowest BCUT2D eigenvalue weighted by Crippen LogP contribution is -2.38. The Morgan fingerprint density at radius 2 is 1.88 bits per heavy atom. The Bertz CT molecular complexity index is 802. The minimum Gasteiger partial charge on any atom is -0.348 e. The molecule has 0 saturated carbocycles. The fourth-order valence-corrected chi connectivity index (χ4v) is 3.86. The van der Waals surface area contributed by atoms with E-state index in [1.165, 1.54) is 16.7 Å². The number of hydrogen-bond donors (Lipinski definition) is 2. The van der Waals surface area contributed by atoms with Crippen LogP contribution in [0.2, 0.25) is 0 Å². The van der Waals surface area contributed by atoms with Crippen molar-refractivity contribution >= 4 is 27.7 Å². The predicted molar refractivity (Wildman–Crippen MR) is 106 cm³/mol. The van der Waals surface area contributed by atoms with E-state index in [4.69, 9.17) is 0 Å². The van der Waals surface area contributed by atoms with Crippen molar-refractivity contribution in [3.8, 4) is 0 Å². The van der Waals surface area contributed by atoms with Crippen LogP contribution in [0.4, 0.5) is 0 Å². The maximum Gasteiger partial charge on any atom is 0.239 e. The van der Waals surface area contributed by atoms with E-state index < -0.39 is 0 Å². The van der Waals surface area contributed by atoms with Crippen molar-refractivity contribution in [2.24, 2.45) is 0 Å². The fourth-order valence-electron chi connectivity index (χ4n) is 3.28. The zero-order valence-corrected chi connectivity index (χ0v) is 16.4. The van der Waals surface area contributed by atoms with E-state index >= 15 is 0 Å². The Balaban J connectivity index is 1.42. The summed E-state index contributed by atoms with van der Waals surface area (Å²) in [6.45, 7) is 2.06. The molecule has 2 amide bonds. The number of hydrogen-bond acceptors (Lipinski definition) is 2. The van der Waals surface area contributed by atoms with Crippen molar-refractivity contribution in [2.75, 3.05) is 6.54 Å². The van der Waals surface area contributed by atoms with Crippen LogP contribution >= 0.6 is 15.9 Å². The van der Waals surface area contributed by atoms with Gasteiger partial charge in [0.2, 0.25) is 11.8 Å². The Hall–Kier alpha value is -2.14. The van der Waals surface area contributed by atoms with Gasteiger partial charge in [0, 0.05) is 10.9 Å². The predicted octanol–water partition coefficient (Wildman–Crippen LogP) is 3.61. The van der Waals surface area contributed by atoms with Crippen LogP contribution in [0.3, 0.4) is 0 Å². The lowest BCUT2D eigenvalue weighted by molar-refractivity contribution is -0.126. The van der Waals surface area contributed by atoms with Crippen LogP contribution in [0.25, 0.3) is 0 Å². The molecule has 1 unspecified atom stereocenters. The molecule has 4 nitrogen and oxygen atoms in total. The van der Waals surface area contributed by atoms with E-state index in [1.807, 2.05) is 43.3 Å². The Morgan fingerprint density at radius 3 is 2.65 bits per heavy atom. The maximum atomic E-state index is 12.2. The van der Waals surface area contributed by atoms with Crippen molar-refractivity contribution in [2.45, 2.75) is 38.6 Å². The van der Waals surface area contributed by atoms with Crippen LogP contribution in [-0.2, 0) is 22.4 Å². The highest BCUT2D eigenvalue weighted by atomic mass is 79.9. The topological polar surface area (TPSA) is 58.2 Å². The molecule has 26 heavy (non-hydrogen) atoms. The number of benzene rings is 2. The quantitative estimate of drug-likeness (QED) is 0.758. The molecule has 2 aromatic rings. The first-order chi connectivity index (χ1) is 12.5. The Labute approximate surface area is 162 Å².